The van der Waals surface area contributed by atoms with E-state index in [1.165, 1.54) is 0 Å². The highest BCUT2D eigenvalue weighted by molar-refractivity contribution is 9.10. The molecule has 1 aliphatic heterocycles. The number of aromatic nitrogens is 2. The number of pyridine rings is 1. The zero-order valence-corrected chi connectivity index (χ0v) is 18.6. The Morgan fingerprint density at radius 2 is 2.28 bits per heavy atom. The van der Waals surface area contributed by atoms with Crippen LogP contribution in [0.1, 0.15) is 33.6 Å². The van der Waals surface area contributed by atoms with E-state index in [0.29, 0.717) is 6.54 Å². The normalized spacial score (nSPS) is 17.4. The molecule has 10 heteroatoms. The van der Waals surface area contributed by atoms with Gasteiger partial charge in [0.25, 0.3) is 0 Å². The van der Waals surface area contributed by atoms with Gasteiger partial charge in [0.05, 0.1) is 27.8 Å². The molecule has 0 bridgehead atoms. The highest BCUT2D eigenvalue weighted by atomic mass is 79.9. The Morgan fingerprint density at radius 1 is 1.48 bits per heavy atom. The minimum atomic E-state index is -0.538. The molecule has 1 saturated heterocycles. The molecule has 1 amide bonds. The average molecular weight is 469 g/mol. The Balaban J connectivity index is 1.75. The Hall–Kier alpha value is -2.04. The lowest BCUT2D eigenvalue weighted by Gasteiger charge is -2.36. The van der Waals surface area contributed by atoms with Crippen molar-refractivity contribution in [3.63, 3.8) is 0 Å². The van der Waals surface area contributed by atoms with Gasteiger partial charge in [0, 0.05) is 38.1 Å². The standard InChI is InChI=1S/C19H29BrN6O3/c1-19(2,3)29-18(28)25-24-12-5-4-7-26(11-12)16-13(20)9-22-17-15(16)14(10-23-17)21-6-8-27/h9-10,12,21,24,27H,4-8,11H2,1-3H3,(H,22,23)(H,25,28)/t12-/m1/s1. The lowest BCUT2D eigenvalue weighted by Crippen LogP contribution is -2.53. The van der Waals surface area contributed by atoms with Gasteiger partial charge in [-0.25, -0.2) is 15.2 Å². The first kappa shape index (κ1) is 21.7. The molecule has 2 aromatic rings. The lowest BCUT2D eigenvalue weighted by molar-refractivity contribution is 0.0485. The Morgan fingerprint density at radius 3 is 3.00 bits per heavy atom. The summed E-state index contributed by atoms with van der Waals surface area (Å²) in [7, 11) is 0. The maximum atomic E-state index is 11.9. The SMILES string of the molecule is CC(C)(C)OC(=O)NN[C@@H]1CCCN(c2c(Br)cnc3[nH]cc(NCCO)c23)C1. The number of carbonyl (C=O) groups excluding carboxylic acids is 1. The molecule has 0 aromatic carbocycles. The first-order valence-electron chi connectivity index (χ1n) is 9.78. The summed E-state index contributed by atoms with van der Waals surface area (Å²) in [5, 5.41) is 13.4. The van der Waals surface area contributed by atoms with Crippen LogP contribution in [0.25, 0.3) is 11.0 Å². The van der Waals surface area contributed by atoms with Gasteiger partial charge >= 0.3 is 6.09 Å². The third-order valence-corrected chi connectivity index (χ3v) is 5.15. The summed E-state index contributed by atoms with van der Waals surface area (Å²) in [6.07, 6.45) is 5.10. The van der Waals surface area contributed by atoms with Crippen LogP contribution < -0.4 is 21.1 Å². The monoisotopic (exact) mass is 468 g/mol. The largest absolute Gasteiger partial charge is 0.443 e. The first-order valence-corrected chi connectivity index (χ1v) is 10.6. The van der Waals surface area contributed by atoms with Crippen LogP contribution in [-0.4, -0.2) is 59.1 Å². The first-order chi connectivity index (χ1) is 13.8. The number of rotatable bonds is 6. The van der Waals surface area contributed by atoms with Gasteiger partial charge in [0.2, 0.25) is 0 Å². The number of hydrogen-bond acceptors (Lipinski definition) is 7. The molecular weight excluding hydrogens is 440 g/mol. The summed E-state index contributed by atoms with van der Waals surface area (Å²) in [6.45, 7) is 7.63. The van der Waals surface area contributed by atoms with Crippen molar-refractivity contribution in [2.45, 2.75) is 45.3 Å². The second-order valence-corrected chi connectivity index (χ2v) is 8.94. The van der Waals surface area contributed by atoms with Gasteiger partial charge in [0.1, 0.15) is 11.2 Å². The van der Waals surface area contributed by atoms with E-state index in [4.69, 9.17) is 9.84 Å². The quantitative estimate of drug-likeness (QED) is 0.414. The number of nitrogens with one attached hydrogen (secondary N) is 4. The molecule has 29 heavy (non-hydrogen) atoms. The molecule has 160 valence electrons. The van der Waals surface area contributed by atoms with Crippen LogP contribution >= 0.6 is 15.9 Å². The molecular formula is C19H29BrN6O3. The van der Waals surface area contributed by atoms with Gasteiger partial charge in [-0.3, -0.25) is 5.43 Å². The number of anilines is 2. The van der Waals surface area contributed by atoms with E-state index in [2.05, 4.69) is 47.0 Å². The fourth-order valence-electron chi connectivity index (χ4n) is 3.46. The van der Waals surface area contributed by atoms with E-state index in [-0.39, 0.29) is 12.6 Å². The number of hydrogen-bond donors (Lipinski definition) is 5. The summed E-state index contributed by atoms with van der Waals surface area (Å²) >= 11 is 3.65. The summed E-state index contributed by atoms with van der Waals surface area (Å²) < 4.78 is 6.19. The van der Waals surface area contributed by atoms with E-state index in [1.54, 1.807) is 6.20 Å². The number of aromatic amines is 1. The second kappa shape index (κ2) is 9.19. The van der Waals surface area contributed by atoms with E-state index in [1.807, 2.05) is 27.0 Å². The van der Waals surface area contributed by atoms with Crippen LogP contribution in [0.2, 0.25) is 0 Å². The molecule has 1 aliphatic rings. The van der Waals surface area contributed by atoms with Crippen LogP contribution in [-0.2, 0) is 4.74 Å². The number of carbonyl (C=O) groups is 1. The number of halogens is 1. The van der Waals surface area contributed by atoms with Crippen molar-refractivity contribution in [1.29, 1.82) is 0 Å². The van der Waals surface area contributed by atoms with E-state index >= 15 is 0 Å². The Labute approximate surface area is 178 Å². The minimum absolute atomic E-state index is 0.0511. The van der Waals surface area contributed by atoms with Gasteiger partial charge in [-0.05, 0) is 49.5 Å². The van der Waals surface area contributed by atoms with Gasteiger partial charge in [-0.2, -0.15) is 0 Å². The Bertz CT molecular complexity index is 850. The van der Waals surface area contributed by atoms with Crippen LogP contribution in [0.5, 0.6) is 0 Å². The van der Waals surface area contributed by atoms with Crippen molar-refractivity contribution in [3.05, 3.63) is 16.9 Å². The molecule has 0 unspecified atom stereocenters. The van der Waals surface area contributed by atoms with Gasteiger partial charge in [-0.15, -0.1) is 0 Å². The average Bonchev–Trinajstić information content (AvgIpc) is 3.06. The number of H-pyrrole nitrogens is 1. The molecule has 3 rings (SSSR count). The number of aliphatic hydroxyl groups is 1. The predicted octanol–water partition coefficient (Wildman–Crippen LogP) is 2.73. The lowest BCUT2D eigenvalue weighted by atomic mass is 10.0. The van der Waals surface area contributed by atoms with E-state index in [9.17, 15) is 4.79 Å². The summed E-state index contributed by atoms with van der Waals surface area (Å²) in [6, 6.07) is 0.0826. The van der Waals surface area contributed by atoms with Gasteiger partial charge in [0.15, 0.2) is 0 Å². The highest BCUT2D eigenvalue weighted by Crippen LogP contribution is 2.38. The van der Waals surface area contributed by atoms with Crippen LogP contribution in [0.3, 0.4) is 0 Å². The number of ether oxygens (including phenoxy) is 1. The molecule has 9 nitrogen and oxygen atoms in total. The van der Waals surface area contributed by atoms with Crippen LogP contribution in [0.15, 0.2) is 16.9 Å². The molecule has 5 N–H and O–H groups in total. The summed E-state index contributed by atoms with van der Waals surface area (Å²) in [4.78, 5) is 21.9. The number of piperidine rings is 1. The molecule has 0 aliphatic carbocycles. The van der Waals surface area contributed by atoms with Crippen LogP contribution in [0, 0.1) is 0 Å². The van der Waals surface area contributed by atoms with E-state index < -0.39 is 11.7 Å². The fraction of sp³-hybridized carbons (Fsp3) is 0.579. The molecule has 0 spiro atoms. The van der Waals surface area contributed by atoms with Crippen molar-refractivity contribution >= 4 is 44.4 Å². The minimum Gasteiger partial charge on any atom is -0.443 e. The van der Waals surface area contributed by atoms with Gasteiger partial charge < -0.3 is 25.0 Å². The summed E-state index contributed by atoms with van der Waals surface area (Å²) in [5.74, 6) is 0. The van der Waals surface area contributed by atoms with Crippen molar-refractivity contribution in [3.8, 4) is 0 Å². The smallest absolute Gasteiger partial charge is 0.422 e. The third-order valence-electron chi connectivity index (χ3n) is 4.57. The number of hydrazine groups is 1. The molecule has 3 heterocycles. The Kier molecular flexibility index (Phi) is 6.86. The maximum Gasteiger partial charge on any atom is 0.422 e. The van der Waals surface area contributed by atoms with Crippen molar-refractivity contribution in [2.75, 3.05) is 36.5 Å². The number of nitrogens with zero attached hydrogens (tertiary/aromatic N) is 2. The molecule has 0 radical (unpaired) electrons. The molecule has 2 aromatic heterocycles. The maximum absolute atomic E-state index is 11.9. The zero-order chi connectivity index (χ0) is 21.0. The highest BCUT2D eigenvalue weighted by Gasteiger charge is 2.26. The van der Waals surface area contributed by atoms with Gasteiger partial charge in [-0.1, -0.05) is 0 Å². The number of fused-ring (bicyclic) bond motifs is 1. The fourth-order valence-corrected chi connectivity index (χ4v) is 4.01. The second-order valence-electron chi connectivity index (χ2n) is 8.09. The zero-order valence-electron chi connectivity index (χ0n) is 17.0. The molecule has 1 atom stereocenters. The number of amides is 1. The van der Waals surface area contributed by atoms with Crippen molar-refractivity contribution < 1.29 is 14.6 Å². The van der Waals surface area contributed by atoms with Crippen molar-refractivity contribution in [2.24, 2.45) is 0 Å². The number of aliphatic hydroxyl groups excluding tert-OH is 1. The van der Waals surface area contributed by atoms with E-state index in [0.717, 1.165) is 52.8 Å². The third kappa shape index (κ3) is 5.52. The van der Waals surface area contributed by atoms with Crippen LogP contribution in [0.4, 0.5) is 16.2 Å². The van der Waals surface area contributed by atoms with Crippen molar-refractivity contribution in [1.82, 2.24) is 20.8 Å². The molecule has 0 saturated carbocycles. The molecule has 1 fully saturated rings. The summed E-state index contributed by atoms with van der Waals surface area (Å²) in [5.41, 5.74) is 7.95. The predicted molar refractivity (Wildman–Crippen MR) is 117 cm³/mol. The topological polar surface area (TPSA) is 115 Å².